The summed E-state index contributed by atoms with van der Waals surface area (Å²) in [5, 5.41) is 2.39. The molecule has 0 fully saturated rings. The molecule has 90 heavy (non-hydrogen) atoms. The number of fused-ring (bicyclic) bond motifs is 10. The lowest BCUT2D eigenvalue weighted by Gasteiger charge is -2.29. The van der Waals surface area contributed by atoms with E-state index in [9.17, 15) is 26.4 Å². The van der Waals surface area contributed by atoms with Crippen molar-refractivity contribution in [2.75, 3.05) is 65.4 Å². The molecule has 8 aromatic rings. The molecule has 1 aliphatic rings. The van der Waals surface area contributed by atoms with Gasteiger partial charge in [0.05, 0.1) is 24.0 Å². The highest BCUT2D eigenvalue weighted by molar-refractivity contribution is 7.90. The fourth-order valence-electron chi connectivity index (χ4n) is 12.0. The third-order valence-corrected chi connectivity index (χ3v) is 19.7. The van der Waals surface area contributed by atoms with Gasteiger partial charge in [0.2, 0.25) is 0 Å². The van der Waals surface area contributed by atoms with Gasteiger partial charge in [-0.2, -0.15) is 0 Å². The molecule has 0 heterocycles. The summed E-state index contributed by atoms with van der Waals surface area (Å²) in [7, 11) is 2.06. The molecule has 14 nitrogen and oxygen atoms in total. The van der Waals surface area contributed by atoms with Crippen molar-refractivity contribution in [1.29, 1.82) is 0 Å². The number of ether oxygens (including phenoxy) is 4. The number of benzene rings is 8. The van der Waals surface area contributed by atoms with Crippen LogP contribution in [0.5, 0.6) is 23.0 Å². The molecule has 0 saturated heterocycles. The van der Waals surface area contributed by atoms with Crippen LogP contribution in [-0.2, 0) is 77.0 Å². The second kappa shape index (κ2) is 25.0. The standard InChI is InChI=1S/C74H88N4O10S2/c1-71(2,3)53-35-45-31-49-39-55(73(7,8)9)41-51(69(49)87-43-65(79)75-89(81,82)63-29-21-23-57-59(63)25-19-27-61(57)77(13)14)33-47-37-54(72(4,5)6)38-48(68(47)86-18)34-52-42-56(74(10,11)12)40-50(32-46(36-53)67(45)85-17)70(52)88-44-66(80)76-90(83,84)64-30-22-24-58-60(64)26-20-28-62(58)78(15)16/h19-30,35-42H,31-34,43-44H2,1-18H3,(H,75,79)(H,76,80). The molecule has 2 amide bonds. The number of methoxy groups -OCH3 is 2. The Hall–Kier alpha value is -8.08. The maximum absolute atomic E-state index is 14.3. The molecule has 0 saturated carbocycles. The summed E-state index contributed by atoms with van der Waals surface area (Å²) in [6, 6.07) is 38.0. The minimum Gasteiger partial charge on any atom is -0.496 e. The van der Waals surface area contributed by atoms with E-state index in [1.165, 1.54) is 12.1 Å². The molecule has 0 radical (unpaired) electrons. The second-order valence-electron chi connectivity index (χ2n) is 28.3. The summed E-state index contributed by atoms with van der Waals surface area (Å²) in [6.45, 7) is 24.6. The van der Waals surface area contributed by atoms with Crippen LogP contribution in [-0.4, -0.2) is 84.3 Å². The molecule has 476 valence electrons. The fourth-order valence-corrected chi connectivity index (χ4v) is 14.4. The van der Waals surface area contributed by atoms with E-state index in [2.05, 4.69) is 141 Å². The van der Waals surface area contributed by atoms with Gasteiger partial charge in [0.15, 0.2) is 13.2 Å². The van der Waals surface area contributed by atoms with Gasteiger partial charge in [-0.25, -0.2) is 26.3 Å². The van der Waals surface area contributed by atoms with Crippen LogP contribution >= 0.6 is 0 Å². The predicted molar refractivity (Wildman–Crippen MR) is 363 cm³/mol. The Morgan fingerprint density at radius 1 is 0.389 bits per heavy atom. The Morgan fingerprint density at radius 2 is 0.633 bits per heavy atom. The molecular formula is C74H88N4O10S2. The van der Waals surface area contributed by atoms with Crippen LogP contribution in [0.25, 0.3) is 21.5 Å². The molecule has 0 aliphatic heterocycles. The van der Waals surface area contributed by atoms with E-state index < -0.39 is 45.1 Å². The Balaban J connectivity index is 1.22. The first kappa shape index (κ1) is 66.3. The van der Waals surface area contributed by atoms with Gasteiger partial charge in [0.25, 0.3) is 31.9 Å². The quantitative estimate of drug-likeness (QED) is 0.106. The first-order chi connectivity index (χ1) is 42.0. The van der Waals surface area contributed by atoms with Crippen molar-refractivity contribution < 1.29 is 45.4 Å². The summed E-state index contributed by atoms with van der Waals surface area (Å²) in [5.74, 6) is 0.352. The third kappa shape index (κ3) is 14.1. The van der Waals surface area contributed by atoms with Crippen molar-refractivity contribution in [2.45, 2.75) is 140 Å². The number of anilines is 2. The van der Waals surface area contributed by atoms with Gasteiger partial charge >= 0.3 is 0 Å². The zero-order valence-electron chi connectivity index (χ0n) is 55.6. The number of amides is 2. The summed E-state index contributed by atoms with van der Waals surface area (Å²) in [5.41, 5.74) is 10.5. The topological polar surface area (TPSA) is 170 Å². The van der Waals surface area contributed by atoms with E-state index >= 15 is 0 Å². The second-order valence-corrected chi connectivity index (χ2v) is 31.6. The number of nitrogens with zero attached hydrogens (tertiary/aromatic N) is 2. The van der Waals surface area contributed by atoms with Crippen molar-refractivity contribution >= 4 is 64.8 Å². The summed E-state index contributed by atoms with van der Waals surface area (Å²) in [4.78, 5) is 32.5. The van der Waals surface area contributed by atoms with Crippen LogP contribution in [0.2, 0.25) is 0 Å². The average molecular weight is 1260 g/mol. The maximum atomic E-state index is 14.3. The molecule has 8 aromatic carbocycles. The van der Waals surface area contributed by atoms with Gasteiger partial charge in [-0.05, 0) is 113 Å². The zero-order valence-corrected chi connectivity index (χ0v) is 57.2. The van der Waals surface area contributed by atoms with Crippen molar-refractivity contribution in [3.05, 3.63) is 188 Å². The number of hydrogen-bond acceptors (Lipinski definition) is 12. The van der Waals surface area contributed by atoms with Gasteiger partial charge in [0.1, 0.15) is 23.0 Å². The molecule has 9 rings (SSSR count). The molecule has 0 atom stereocenters. The van der Waals surface area contributed by atoms with Crippen LogP contribution < -0.4 is 38.2 Å². The van der Waals surface area contributed by atoms with Gasteiger partial charge in [0, 0.05) is 86.8 Å². The molecule has 0 aromatic heterocycles. The molecule has 1 aliphatic carbocycles. The van der Waals surface area contributed by atoms with Crippen LogP contribution in [0.3, 0.4) is 0 Å². The minimum absolute atomic E-state index is 0.0310. The number of carbonyl (C=O) groups is 2. The van der Waals surface area contributed by atoms with E-state index in [0.717, 1.165) is 88.9 Å². The van der Waals surface area contributed by atoms with Crippen molar-refractivity contribution in [3.8, 4) is 23.0 Å². The minimum atomic E-state index is -4.40. The molecule has 0 unspecified atom stereocenters. The maximum Gasteiger partial charge on any atom is 0.271 e. The Kier molecular flexibility index (Phi) is 18.4. The van der Waals surface area contributed by atoms with Gasteiger partial charge < -0.3 is 28.7 Å². The highest BCUT2D eigenvalue weighted by Gasteiger charge is 2.31. The lowest BCUT2D eigenvalue weighted by atomic mass is 9.79. The SMILES string of the molecule is COc1c2cc(C(C)(C)C)cc1Cc1cc(C(C)(C)C)cc(c1OCC(=O)NS(=O)(=O)c1cccc3c(N(C)C)cccc13)Cc1cc(C(C)(C)C)cc(c1OC)Cc1cc(C(C)(C)C)cc(c1OCC(=O)NS(=O)(=O)c1cccc3c(N(C)C)cccc13)C2. The van der Waals surface area contributed by atoms with Gasteiger partial charge in [-0.3, -0.25) is 9.59 Å². The Labute approximate surface area is 533 Å². The summed E-state index contributed by atoms with van der Waals surface area (Å²) >= 11 is 0. The first-order valence-corrected chi connectivity index (χ1v) is 33.4. The molecule has 2 N–H and O–H groups in total. The van der Waals surface area contributed by atoms with Crippen molar-refractivity contribution in [2.24, 2.45) is 0 Å². The normalized spacial score (nSPS) is 13.2. The number of rotatable bonds is 14. The largest absolute Gasteiger partial charge is 0.496 e. The van der Waals surface area contributed by atoms with E-state index in [1.807, 2.05) is 62.3 Å². The fraction of sp³-hybridized carbons (Fsp3) is 0.378. The molecule has 16 heteroatoms. The number of nitrogens with one attached hydrogen (secondary N) is 2. The lowest BCUT2D eigenvalue weighted by molar-refractivity contribution is -0.122. The zero-order chi connectivity index (χ0) is 65.8. The first-order valence-electron chi connectivity index (χ1n) is 30.5. The van der Waals surface area contributed by atoms with Crippen LogP contribution in [0, 0.1) is 0 Å². The van der Waals surface area contributed by atoms with Crippen molar-refractivity contribution in [1.82, 2.24) is 9.44 Å². The van der Waals surface area contributed by atoms with Crippen LogP contribution in [0.1, 0.15) is 150 Å². The third-order valence-electron chi connectivity index (χ3n) is 16.8. The highest BCUT2D eigenvalue weighted by atomic mass is 32.2. The summed E-state index contributed by atoms with van der Waals surface area (Å²) in [6.07, 6.45) is 1.05. The number of carbonyl (C=O) groups excluding carboxylic acids is 2. The van der Waals surface area contributed by atoms with Crippen LogP contribution in [0.15, 0.2) is 131 Å². The van der Waals surface area contributed by atoms with E-state index in [1.54, 1.807) is 50.6 Å². The van der Waals surface area contributed by atoms with Crippen LogP contribution in [0.4, 0.5) is 11.4 Å². The average Bonchev–Trinajstić information content (AvgIpc) is 0.951. The van der Waals surface area contributed by atoms with E-state index in [0.29, 0.717) is 33.8 Å². The lowest BCUT2D eigenvalue weighted by Crippen LogP contribution is -2.34. The van der Waals surface area contributed by atoms with Gasteiger partial charge in [-0.15, -0.1) is 0 Å². The number of sulfonamides is 2. The number of hydrogen-bond donors (Lipinski definition) is 2. The summed E-state index contributed by atoms with van der Waals surface area (Å²) < 4.78 is 88.8. The van der Waals surface area contributed by atoms with E-state index in [4.69, 9.17) is 18.9 Å². The van der Waals surface area contributed by atoms with Gasteiger partial charge in [-0.1, -0.05) is 180 Å². The van der Waals surface area contributed by atoms with E-state index in [-0.39, 0.29) is 57.1 Å². The molecule has 8 bridgehead atoms. The van der Waals surface area contributed by atoms with Crippen molar-refractivity contribution in [3.63, 3.8) is 0 Å². The Bertz CT molecular complexity index is 3980. The smallest absolute Gasteiger partial charge is 0.271 e. The predicted octanol–water partition coefficient (Wildman–Crippen LogP) is 13.8. The monoisotopic (exact) mass is 1260 g/mol. The molecule has 0 spiro atoms. The Morgan fingerprint density at radius 3 is 0.878 bits per heavy atom. The highest BCUT2D eigenvalue weighted by Crippen LogP contribution is 2.45. The molecular weight excluding hydrogens is 1170 g/mol.